The molecule has 0 spiro atoms. The summed E-state index contributed by atoms with van der Waals surface area (Å²) in [5.41, 5.74) is 0.929. The summed E-state index contributed by atoms with van der Waals surface area (Å²) in [5.74, 6) is 0.496. The molecule has 0 saturated heterocycles. The van der Waals surface area contributed by atoms with Crippen molar-refractivity contribution < 1.29 is 9.66 Å². The third-order valence-corrected chi connectivity index (χ3v) is 3.57. The van der Waals surface area contributed by atoms with Crippen molar-refractivity contribution in [2.24, 2.45) is 5.41 Å². The van der Waals surface area contributed by atoms with E-state index in [4.69, 9.17) is 4.74 Å². The average Bonchev–Trinajstić information content (AvgIpc) is 2.45. The molecule has 118 valence electrons. The number of nitro groups is 1. The molecule has 0 radical (unpaired) electrons. The minimum Gasteiger partial charge on any atom is -0.496 e. The van der Waals surface area contributed by atoms with Crippen molar-refractivity contribution in [3.8, 4) is 5.75 Å². The summed E-state index contributed by atoms with van der Waals surface area (Å²) in [6, 6.07) is 4.76. The van der Waals surface area contributed by atoms with Crippen LogP contribution in [0.5, 0.6) is 5.75 Å². The van der Waals surface area contributed by atoms with Crippen molar-refractivity contribution in [1.82, 2.24) is 0 Å². The fourth-order valence-electron chi connectivity index (χ4n) is 2.19. The predicted molar refractivity (Wildman–Crippen MR) is 86.1 cm³/mol. The van der Waals surface area contributed by atoms with Crippen LogP contribution < -0.4 is 10.1 Å². The van der Waals surface area contributed by atoms with Gasteiger partial charge in [-0.3, -0.25) is 10.1 Å². The van der Waals surface area contributed by atoms with E-state index >= 15 is 0 Å². The molecular weight excluding hydrogens is 268 g/mol. The van der Waals surface area contributed by atoms with Gasteiger partial charge in [-0.1, -0.05) is 40.0 Å². The highest BCUT2D eigenvalue weighted by Gasteiger charge is 2.18. The summed E-state index contributed by atoms with van der Waals surface area (Å²) in [7, 11) is 1.51. The third-order valence-electron chi connectivity index (χ3n) is 3.57. The molecule has 0 saturated carbocycles. The molecule has 1 aromatic carbocycles. The summed E-state index contributed by atoms with van der Waals surface area (Å²) in [5, 5.41) is 14.2. The standard InChI is InChI=1S/C16H26N2O3/c1-5-6-7-8-16(2,3)12-17-13-9-14(18(19)20)11-15(10-13)21-4/h9-11,17H,5-8,12H2,1-4H3. The smallest absolute Gasteiger partial charge is 0.275 e. The Bertz CT molecular complexity index is 473. The van der Waals surface area contributed by atoms with E-state index in [2.05, 4.69) is 26.1 Å². The Hall–Kier alpha value is -1.78. The second kappa shape index (κ2) is 7.86. The van der Waals surface area contributed by atoms with Crippen molar-refractivity contribution in [2.75, 3.05) is 19.0 Å². The molecule has 0 bridgehead atoms. The highest BCUT2D eigenvalue weighted by atomic mass is 16.6. The number of benzene rings is 1. The molecule has 0 amide bonds. The van der Waals surface area contributed by atoms with Crippen LogP contribution in [0.1, 0.15) is 46.5 Å². The molecule has 0 aliphatic heterocycles. The molecule has 0 aliphatic rings. The van der Waals surface area contributed by atoms with Crippen molar-refractivity contribution in [2.45, 2.75) is 46.5 Å². The molecule has 1 N–H and O–H groups in total. The number of nitro benzene ring substituents is 1. The normalized spacial score (nSPS) is 11.2. The quantitative estimate of drug-likeness (QED) is 0.410. The van der Waals surface area contributed by atoms with E-state index in [1.807, 2.05) is 0 Å². The highest BCUT2D eigenvalue weighted by molar-refractivity contribution is 5.56. The van der Waals surface area contributed by atoms with E-state index in [0.29, 0.717) is 5.75 Å². The molecule has 0 fully saturated rings. The molecule has 0 heterocycles. The van der Waals surface area contributed by atoms with Crippen molar-refractivity contribution in [3.05, 3.63) is 28.3 Å². The van der Waals surface area contributed by atoms with Crippen molar-refractivity contribution in [3.63, 3.8) is 0 Å². The van der Waals surface area contributed by atoms with Crippen LogP contribution in [0.25, 0.3) is 0 Å². The average molecular weight is 294 g/mol. The van der Waals surface area contributed by atoms with Gasteiger partial charge in [0, 0.05) is 24.4 Å². The summed E-state index contributed by atoms with van der Waals surface area (Å²) in [6.45, 7) is 7.40. The number of unbranched alkanes of at least 4 members (excludes halogenated alkanes) is 2. The molecular formula is C16H26N2O3. The highest BCUT2D eigenvalue weighted by Crippen LogP contribution is 2.28. The number of hydrogen-bond acceptors (Lipinski definition) is 4. The van der Waals surface area contributed by atoms with Crippen LogP contribution in [0.15, 0.2) is 18.2 Å². The Balaban J connectivity index is 2.69. The van der Waals surface area contributed by atoms with Crippen molar-refractivity contribution >= 4 is 11.4 Å². The van der Waals surface area contributed by atoms with E-state index in [0.717, 1.165) is 18.7 Å². The molecule has 0 aliphatic carbocycles. The van der Waals surface area contributed by atoms with Crippen molar-refractivity contribution in [1.29, 1.82) is 0 Å². The van der Waals surface area contributed by atoms with Gasteiger partial charge in [0.15, 0.2) is 0 Å². The first-order valence-corrected chi connectivity index (χ1v) is 7.45. The van der Waals surface area contributed by atoms with Gasteiger partial charge in [-0.15, -0.1) is 0 Å². The number of rotatable bonds is 9. The topological polar surface area (TPSA) is 64.4 Å². The lowest BCUT2D eigenvalue weighted by molar-refractivity contribution is -0.384. The van der Waals surface area contributed by atoms with Crippen LogP contribution in [0.3, 0.4) is 0 Å². The molecule has 0 atom stereocenters. The van der Waals surface area contributed by atoms with Crippen LogP contribution in [-0.4, -0.2) is 18.6 Å². The zero-order chi connectivity index (χ0) is 15.9. The van der Waals surface area contributed by atoms with Gasteiger partial charge in [0.2, 0.25) is 0 Å². The van der Waals surface area contributed by atoms with E-state index < -0.39 is 4.92 Å². The first-order valence-electron chi connectivity index (χ1n) is 7.45. The maximum atomic E-state index is 10.9. The molecule has 5 nitrogen and oxygen atoms in total. The van der Waals surface area contributed by atoms with E-state index in [9.17, 15) is 10.1 Å². The molecule has 21 heavy (non-hydrogen) atoms. The van der Waals surface area contributed by atoms with Gasteiger partial charge < -0.3 is 10.1 Å². The lowest BCUT2D eigenvalue weighted by Crippen LogP contribution is -2.23. The minimum atomic E-state index is -0.403. The lowest BCUT2D eigenvalue weighted by atomic mass is 9.87. The Labute approximate surface area is 126 Å². The SMILES string of the molecule is CCCCCC(C)(C)CNc1cc(OC)cc([N+](=O)[O-])c1. The first-order chi connectivity index (χ1) is 9.88. The van der Waals surface area contributed by atoms with Crippen LogP contribution in [0.2, 0.25) is 0 Å². The Morgan fingerprint density at radius 2 is 2.00 bits per heavy atom. The number of nitrogens with one attached hydrogen (secondary N) is 1. The zero-order valence-corrected chi connectivity index (χ0v) is 13.4. The Morgan fingerprint density at radius 1 is 1.29 bits per heavy atom. The second-order valence-corrected chi connectivity index (χ2v) is 6.15. The van der Waals surface area contributed by atoms with Gasteiger partial charge in [-0.05, 0) is 11.8 Å². The van der Waals surface area contributed by atoms with Crippen LogP contribution in [-0.2, 0) is 0 Å². The van der Waals surface area contributed by atoms with Crippen LogP contribution in [0.4, 0.5) is 11.4 Å². The van der Waals surface area contributed by atoms with Crippen LogP contribution in [0, 0.1) is 15.5 Å². The van der Waals surface area contributed by atoms with Crippen LogP contribution >= 0.6 is 0 Å². The van der Waals surface area contributed by atoms with Gasteiger partial charge in [0.05, 0.1) is 18.1 Å². The fraction of sp³-hybridized carbons (Fsp3) is 0.625. The zero-order valence-electron chi connectivity index (χ0n) is 13.4. The number of methoxy groups -OCH3 is 1. The van der Waals surface area contributed by atoms with Gasteiger partial charge in [0.25, 0.3) is 5.69 Å². The molecule has 1 aromatic rings. The summed E-state index contributed by atoms with van der Waals surface area (Å²) in [6.07, 6.45) is 4.81. The molecule has 1 rings (SSSR count). The first kappa shape index (κ1) is 17.3. The molecule has 0 aromatic heterocycles. The third kappa shape index (κ3) is 6.02. The number of non-ortho nitro benzene ring substituents is 1. The number of hydrogen-bond donors (Lipinski definition) is 1. The Kier molecular flexibility index (Phi) is 6.46. The lowest BCUT2D eigenvalue weighted by Gasteiger charge is -2.25. The van der Waals surface area contributed by atoms with Gasteiger partial charge in [-0.25, -0.2) is 0 Å². The second-order valence-electron chi connectivity index (χ2n) is 6.15. The Morgan fingerprint density at radius 3 is 2.57 bits per heavy atom. The number of nitrogens with zero attached hydrogens (tertiary/aromatic N) is 1. The largest absolute Gasteiger partial charge is 0.496 e. The maximum absolute atomic E-state index is 10.9. The molecule has 0 unspecified atom stereocenters. The van der Waals surface area contributed by atoms with Gasteiger partial charge >= 0.3 is 0 Å². The van der Waals surface area contributed by atoms with E-state index in [-0.39, 0.29) is 11.1 Å². The molecule has 5 heteroatoms. The van der Waals surface area contributed by atoms with Gasteiger partial charge in [0.1, 0.15) is 5.75 Å². The maximum Gasteiger partial charge on any atom is 0.275 e. The number of ether oxygens (including phenoxy) is 1. The fourth-order valence-corrected chi connectivity index (χ4v) is 2.19. The van der Waals surface area contributed by atoms with E-state index in [1.54, 1.807) is 12.1 Å². The summed E-state index contributed by atoms with van der Waals surface area (Å²) >= 11 is 0. The van der Waals surface area contributed by atoms with Gasteiger partial charge in [-0.2, -0.15) is 0 Å². The predicted octanol–water partition coefficient (Wildman–Crippen LogP) is 4.62. The van der Waals surface area contributed by atoms with E-state index in [1.165, 1.54) is 32.4 Å². The number of anilines is 1. The summed E-state index contributed by atoms with van der Waals surface area (Å²) in [4.78, 5) is 10.5. The monoisotopic (exact) mass is 294 g/mol. The minimum absolute atomic E-state index is 0.0423. The summed E-state index contributed by atoms with van der Waals surface area (Å²) < 4.78 is 5.11.